The standard InChI is InChI=1S/C22H19ClFNO5/c1-3-30-22(28)19(27)10-18(26)14-12-25(11-13-15(23)6-4-7-16(13)24)17-8-5-9-20(29-2)21(14)17/h4-10,12,26H,3,11H2,1-2H3. The number of esters is 1. The number of carbonyl (C=O) groups is 2. The van der Waals surface area contributed by atoms with E-state index in [-0.39, 0.29) is 29.3 Å². The topological polar surface area (TPSA) is 77.8 Å². The highest BCUT2D eigenvalue weighted by atomic mass is 35.5. The van der Waals surface area contributed by atoms with Gasteiger partial charge in [-0.1, -0.05) is 23.7 Å². The average Bonchev–Trinajstić information content (AvgIpc) is 3.09. The van der Waals surface area contributed by atoms with Crippen LogP contribution in [0.5, 0.6) is 5.75 Å². The third-order valence-electron chi connectivity index (χ3n) is 4.50. The number of rotatable bonds is 7. The molecule has 1 aromatic heterocycles. The van der Waals surface area contributed by atoms with E-state index < -0.39 is 23.3 Å². The Balaban J connectivity index is 2.13. The number of halogens is 2. The lowest BCUT2D eigenvalue weighted by atomic mass is 10.1. The van der Waals surface area contributed by atoms with Crippen LogP contribution in [0, 0.1) is 5.82 Å². The average molecular weight is 432 g/mol. The summed E-state index contributed by atoms with van der Waals surface area (Å²) in [5.41, 5.74) is 1.14. The van der Waals surface area contributed by atoms with Crippen molar-refractivity contribution in [3.05, 3.63) is 70.6 Å². The smallest absolute Gasteiger partial charge is 0.379 e. The molecule has 0 atom stereocenters. The molecule has 0 fully saturated rings. The van der Waals surface area contributed by atoms with Gasteiger partial charge in [0.05, 0.1) is 31.2 Å². The van der Waals surface area contributed by atoms with Crippen LogP contribution in [0.4, 0.5) is 4.39 Å². The molecule has 6 nitrogen and oxygen atoms in total. The Morgan fingerprint density at radius 2 is 1.97 bits per heavy atom. The van der Waals surface area contributed by atoms with E-state index in [0.29, 0.717) is 16.7 Å². The van der Waals surface area contributed by atoms with Gasteiger partial charge < -0.3 is 19.1 Å². The van der Waals surface area contributed by atoms with Crippen molar-refractivity contribution in [1.29, 1.82) is 0 Å². The number of aliphatic hydroxyl groups excluding tert-OH is 1. The van der Waals surface area contributed by atoms with Crippen LogP contribution in [0.25, 0.3) is 16.7 Å². The van der Waals surface area contributed by atoms with Crippen molar-refractivity contribution in [2.24, 2.45) is 0 Å². The normalized spacial score (nSPS) is 11.5. The minimum absolute atomic E-state index is 0.0374. The molecule has 2 aromatic carbocycles. The largest absolute Gasteiger partial charge is 0.507 e. The molecule has 0 aliphatic heterocycles. The maximum Gasteiger partial charge on any atom is 0.379 e. The molecule has 30 heavy (non-hydrogen) atoms. The summed E-state index contributed by atoms with van der Waals surface area (Å²) in [6.45, 7) is 1.69. The predicted octanol–water partition coefficient (Wildman–Crippen LogP) is 4.52. The number of hydrogen-bond acceptors (Lipinski definition) is 5. The van der Waals surface area contributed by atoms with E-state index in [1.54, 1.807) is 42.0 Å². The van der Waals surface area contributed by atoms with Crippen molar-refractivity contribution < 1.29 is 28.6 Å². The molecule has 1 heterocycles. The lowest BCUT2D eigenvalue weighted by molar-refractivity contribution is -0.151. The van der Waals surface area contributed by atoms with Gasteiger partial charge in [-0.2, -0.15) is 0 Å². The molecule has 0 saturated heterocycles. The Hall–Kier alpha value is -3.32. The van der Waals surface area contributed by atoms with Crippen molar-refractivity contribution in [3.8, 4) is 5.75 Å². The van der Waals surface area contributed by atoms with Gasteiger partial charge in [0.25, 0.3) is 5.78 Å². The molecule has 156 valence electrons. The van der Waals surface area contributed by atoms with E-state index in [0.717, 1.165) is 6.08 Å². The summed E-state index contributed by atoms with van der Waals surface area (Å²) in [5.74, 6) is -2.54. The Morgan fingerprint density at radius 3 is 2.63 bits per heavy atom. The van der Waals surface area contributed by atoms with Crippen LogP contribution in [-0.4, -0.2) is 35.1 Å². The third kappa shape index (κ3) is 4.16. The number of aliphatic hydroxyl groups is 1. The molecule has 0 spiro atoms. The summed E-state index contributed by atoms with van der Waals surface area (Å²) < 4.78 is 26.0. The van der Waals surface area contributed by atoms with Gasteiger partial charge in [-0.05, 0) is 31.2 Å². The van der Waals surface area contributed by atoms with Crippen molar-refractivity contribution >= 4 is 40.0 Å². The highest BCUT2D eigenvalue weighted by Gasteiger charge is 2.20. The first-order valence-corrected chi connectivity index (χ1v) is 9.46. The van der Waals surface area contributed by atoms with Gasteiger partial charge in [-0.15, -0.1) is 0 Å². The van der Waals surface area contributed by atoms with Crippen molar-refractivity contribution in [1.82, 2.24) is 4.57 Å². The van der Waals surface area contributed by atoms with E-state index in [9.17, 15) is 19.1 Å². The summed E-state index contributed by atoms with van der Waals surface area (Å²) >= 11 is 6.16. The molecule has 0 saturated carbocycles. The van der Waals surface area contributed by atoms with E-state index >= 15 is 0 Å². The Morgan fingerprint density at radius 1 is 1.23 bits per heavy atom. The van der Waals surface area contributed by atoms with Gasteiger partial charge in [-0.25, -0.2) is 9.18 Å². The lowest BCUT2D eigenvalue weighted by Gasteiger charge is -2.09. The first-order chi connectivity index (χ1) is 14.4. The highest BCUT2D eigenvalue weighted by Crippen LogP contribution is 2.35. The number of ether oxygens (including phenoxy) is 2. The maximum atomic E-state index is 14.3. The Kier molecular flexibility index (Phi) is 6.42. The highest BCUT2D eigenvalue weighted by molar-refractivity contribution is 6.39. The molecule has 0 bridgehead atoms. The number of ketones is 1. The second kappa shape index (κ2) is 9.00. The molecule has 0 amide bonds. The Labute approximate surface area is 177 Å². The molecule has 8 heteroatoms. The van der Waals surface area contributed by atoms with Crippen LogP contribution in [0.3, 0.4) is 0 Å². The van der Waals surface area contributed by atoms with Crippen molar-refractivity contribution in [3.63, 3.8) is 0 Å². The zero-order valence-electron chi connectivity index (χ0n) is 16.3. The maximum absolute atomic E-state index is 14.3. The van der Waals surface area contributed by atoms with Gasteiger partial charge in [0.15, 0.2) is 0 Å². The predicted molar refractivity (Wildman–Crippen MR) is 111 cm³/mol. The third-order valence-corrected chi connectivity index (χ3v) is 4.85. The number of aromatic nitrogens is 1. The number of methoxy groups -OCH3 is 1. The first-order valence-electron chi connectivity index (χ1n) is 9.08. The molecule has 0 radical (unpaired) electrons. The summed E-state index contributed by atoms with van der Waals surface area (Å²) in [6, 6.07) is 9.60. The molecule has 1 N–H and O–H groups in total. The summed E-state index contributed by atoms with van der Waals surface area (Å²) in [5, 5.41) is 11.3. The fourth-order valence-electron chi connectivity index (χ4n) is 3.13. The molecule has 0 aliphatic rings. The van der Waals surface area contributed by atoms with Crippen LogP contribution in [0.2, 0.25) is 5.02 Å². The molecule has 3 aromatic rings. The monoisotopic (exact) mass is 431 g/mol. The van der Waals surface area contributed by atoms with Gasteiger partial charge in [0, 0.05) is 28.4 Å². The van der Waals surface area contributed by atoms with Gasteiger partial charge in [0.1, 0.15) is 17.3 Å². The molecular weight excluding hydrogens is 413 g/mol. The van der Waals surface area contributed by atoms with Crippen LogP contribution < -0.4 is 4.74 Å². The molecule has 3 rings (SSSR count). The van der Waals surface area contributed by atoms with Crippen LogP contribution in [0.15, 0.2) is 48.7 Å². The fraction of sp³-hybridized carbons (Fsp3) is 0.182. The van der Waals surface area contributed by atoms with Crippen LogP contribution >= 0.6 is 11.6 Å². The molecular formula is C22H19ClFNO5. The number of carbonyl (C=O) groups excluding carboxylic acids is 2. The van der Waals surface area contributed by atoms with E-state index in [1.807, 2.05) is 0 Å². The second-order valence-corrected chi connectivity index (χ2v) is 6.75. The van der Waals surface area contributed by atoms with E-state index in [1.165, 1.54) is 19.2 Å². The summed E-state index contributed by atoms with van der Waals surface area (Å²) in [4.78, 5) is 23.6. The molecule has 0 unspecified atom stereocenters. The van der Waals surface area contributed by atoms with Crippen LogP contribution in [0.1, 0.15) is 18.1 Å². The minimum Gasteiger partial charge on any atom is -0.507 e. The Bertz CT molecular complexity index is 1130. The van der Waals surface area contributed by atoms with E-state index in [2.05, 4.69) is 4.74 Å². The van der Waals surface area contributed by atoms with Crippen molar-refractivity contribution in [2.75, 3.05) is 13.7 Å². The SMILES string of the molecule is CCOC(=O)C(=O)C=C(O)c1cn(Cc2c(F)cccc2Cl)c2cccc(OC)c12. The van der Waals surface area contributed by atoms with Gasteiger partial charge in [-0.3, -0.25) is 4.79 Å². The van der Waals surface area contributed by atoms with Crippen molar-refractivity contribution in [2.45, 2.75) is 13.5 Å². The minimum atomic E-state index is -1.07. The van der Waals surface area contributed by atoms with E-state index in [4.69, 9.17) is 16.3 Å². The summed E-state index contributed by atoms with van der Waals surface area (Å²) in [7, 11) is 1.47. The second-order valence-electron chi connectivity index (χ2n) is 6.34. The quantitative estimate of drug-likeness (QED) is 0.257. The number of hydrogen-bond donors (Lipinski definition) is 1. The number of nitrogens with zero attached hydrogens (tertiary/aromatic N) is 1. The summed E-state index contributed by atoms with van der Waals surface area (Å²) in [6.07, 6.45) is 2.33. The molecule has 0 aliphatic carbocycles. The zero-order chi connectivity index (χ0) is 21.8. The zero-order valence-corrected chi connectivity index (χ0v) is 17.1. The van der Waals surface area contributed by atoms with Gasteiger partial charge >= 0.3 is 5.97 Å². The number of benzene rings is 2. The lowest BCUT2D eigenvalue weighted by Crippen LogP contribution is -2.15. The van der Waals surface area contributed by atoms with Gasteiger partial charge in [0.2, 0.25) is 0 Å². The first kappa shape index (κ1) is 21.4. The fourth-order valence-corrected chi connectivity index (χ4v) is 3.35. The van der Waals surface area contributed by atoms with Crippen LogP contribution in [-0.2, 0) is 20.9 Å². The number of fused-ring (bicyclic) bond motifs is 1.